The number of fused-ring (bicyclic) bond motifs is 3. The van der Waals surface area contributed by atoms with Gasteiger partial charge in [-0.1, -0.05) is 12.1 Å². The van der Waals surface area contributed by atoms with Crippen molar-refractivity contribution in [2.45, 2.75) is 11.3 Å². The van der Waals surface area contributed by atoms with Crippen LogP contribution in [0.5, 0.6) is 5.75 Å². The third-order valence-corrected chi connectivity index (χ3v) is 3.29. The Kier molecular flexibility index (Phi) is 1.83. The second-order valence-corrected chi connectivity index (χ2v) is 4.28. The normalized spacial score (nSPS) is 13.9. The van der Waals surface area contributed by atoms with E-state index in [-0.39, 0.29) is 0 Å². The Morgan fingerprint density at radius 3 is 3.07 bits per heavy atom. The van der Waals surface area contributed by atoms with Gasteiger partial charge in [0.1, 0.15) is 5.75 Å². The molecule has 3 heteroatoms. The van der Waals surface area contributed by atoms with Crippen LogP contribution >= 0.6 is 12.6 Å². The van der Waals surface area contributed by atoms with Crippen molar-refractivity contribution in [3.05, 3.63) is 29.8 Å². The standard InChI is InChI=1S/C12H11NOS/c14-10-6-9-7(4-5-13-9)12-8(10)2-1-3-11(12)15/h1-3,6,13-15H,4-5H2. The average Bonchev–Trinajstić information content (AvgIpc) is 2.66. The predicted octanol–water partition coefficient (Wildman–Crippen LogP) is 2.80. The Morgan fingerprint density at radius 2 is 2.20 bits per heavy atom. The topological polar surface area (TPSA) is 32.3 Å². The fourth-order valence-corrected chi connectivity index (χ4v) is 2.59. The van der Waals surface area contributed by atoms with Crippen LogP contribution in [0.2, 0.25) is 0 Å². The lowest BCUT2D eigenvalue weighted by Gasteiger charge is -2.09. The van der Waals surface area contributed by atoms with Crippen LogP contribution in [0.25, 0.3) is 10.8 Å². The molecule has 0 aromatic heterocycles. The van der Waals surface area contributed by atoms with Crippen molar-refractivity contribution in [2.24, 2.45) is 0 Å². The Hall–Kier alpha value is -1.35. The summed E-state index contributed by atoms with van der Waals surface area (Å²) in [4.78, 5) is 0.934. The summed E-state index contributed by atoms with van der Waals surface area (Å²) in [7, 11) is 0. The SMILES string of the molecule is Oc1cc2c(c3c(S)cccc13)CCN2. The number of thiol groups is 1. The number of aromatic hydroxyl groups is 1. The van der Waals surface area contributed by atoms with Crippen molar-refractivity contribution in [3.8, 4) is 5.75 Å². The van der Waals surface area contributed by atoms with E-state index >= 15 is 0 Å². The van der Waals surface area contributed by atoms with Crippen molar-refractivity contribution in [1.29, 1.82) is 0 Å². The van der Waals surface area contributed by atoms with Gasteiger partial charge in [-0.15, -0.1) is 12.6 Å². The Morgan fingerprint density at radius 1 is 1.33 bits per heavy atom. The van der Waals surface area contributed by atoms with E-state index in [4.69, 9.17) is 0 Å². The van der Waals surface area contributed by atoms with Crippen molar-refractivity contribution in [3.63, 3.8) is 0 Å². The minimum Gasteiger partial charge on any atom is -0.507 e. The van der Waals surface area contributed by atoms with Crippen LogP contribution in [0.3, 0.4) is 0 Å². The van der Waals surface area contributed by atoms with E-state index < -0.39 is 0 Å². The average molecular weight is 217 g/mol. The number of phenolic OH excluding ortho intramolecular Hbond substituents is 1. The van der Waals surface area contributed by atoms with E-state index in [2.05, 4.69) is 17.9 Å². The first kappa shape index (κ1) is 8.92. The first-order valence-corrected chi connectivity index (χ1v) is 5.42. The molecule has 3 rings (SSSR count). The molecule has 1 aliphatic heterocycles. The zero-order chi connectivity index (χ0) is 10.4. The van der Waals surface area contributed by atoms with Gasteiger partial charge in [0.25, 0.3) is 0 Å². The fourth-order valence-electron chi connectivity index (χ4n) is 2.25. The maximum atomic E-state index is 9.89. The van der Waals surface area contributed by atoms with Crippen LogP contribution < -0.4 is 5.32 Å². The highest BCUT2D eigenvalue weighted by Crippen LogP contribution is 2.39. The summed E-state index contributed by atoms with van der Waals surface area (Å²) in [5.41, 5.74) is 2.31. The van der Waals surface area contributed by atoms with Gasteiger partial charge in [-0.05, 0) is 18.1 Å². The Bertz CT molecular complexity index is 551. The maximum Gasteiger partial charge on any atom is 0.125 e. The minimum atomic E-state index is 0.328. The van der Waals surface area contributed by atoms with Crippen LogP contribution in [-0.4, -0.2) is 11.7 Å². The molecular weight excluding hydrogens is 206 g/mol. The molecule has 0 fully saturated rings. The quantitative estimate of drug-likeness (QED) is 0.593. The van der Waals surface area contributed by atoms with Crippen LogP contribution in [-0.2, 0) is 6.42 Å². The molecule has 0 aliphatic carbocycles. The van der Waals surface area contributed by atoms with E-state index in [0.29, 0.717) is 5.75 Å². The molecule has 1 heterocycles. The molecule has 0 atom stereocenters. The molecule has 0 spiro atoms. The van der Waals surface area contributed by atoms with Crippen LogP contribution in [0.15, 0.2) is 29.2 Å². The van der Waals surface area contributed by atoms with E-state index in [1.807, 2.05) is 18.2 Å². The van der Waals surface area contributed by atoms with Gasteiger partial charge in [-0.3, -0.25) is 0 Å². The molecule has 15 heavy (non-hydrogen) atoms. The fraction of sp³-hybridized carbons (Fsp3) is 0.167. The zero-order valence-corrected chi connectivity index (χ0v) is 9.01. The number of anilines is 1. The third kappa shape index (κ3) is 1.20. The Labute approximate surface area is 93.3 Å². The van der Waals surface area contributed by atoms with Gasteiger partial charge in [0.2, 0.25) is 0 Å². The van der Waals surface area contributed by atoms with Gasteiger partial charge >= 0.3 is 0 Å². The molecule has 2 nitrogen and oxygen atoms in total. The first-order chi connectivity index (χ1) is 7.27. The number of nitrogens with one attached hydrogen (secondary N) is 1. The van der Waals surface area contributed by atoms with E-state index in [0.717, 1.165) is 34.3 Å². The van der Waals surface area contributed by atoms with Gasteiger partial charge in [0.15, 0.2) is 0 Å². The monoisotopic (exact) mass is 217 g/mol. The first-order valence-electron chi connectivity index (χ1n) is 4.98. The molecule has 2 aromatic rings. The molecule has 0 bridgehead atoms. The zero-order valence-electron chi connectivity index (χ0n) is 8.12. The summed E-state index contributed by atoms with van der Waals surface area (Å²) in [5.74, 6) is 0.328. The van der Waals surface area contributed by atoms with Crippen molar-refractivity contribution in [1.82, 2.24) is 0 Å². The van der Waals surface area contributed by atoms with Gasteiger partial charge in [0, 0.05) is 34.0 Å². The summed E-state index contributed by atoms with van der Waals surface area (Å²) >= 11 is 4.46. The highest BCUT2D eigenvalue weighted by Gasteiger charge is 2.17. The molecule has 2 aromatic carbocycles. The maximum absolute atomic E-state index is 9.89. The lowest BCUT2D eigenvalue weighted by molar-refractivity contribution is 0.482. The number of hydrogen-bond acceptors (Lipinski definition) is 3. The van der Waals surface area contributed by atoms with E-state index in [1.165, 1.54) is 5.56 Å². The molecular formula is C12H11NOS. The predicted molar refractivity (Wildman–Crippen MR) is 65.1 cm³/mol. The smallest absolute Gasteiger partial charge is 0.125 e. The van der Waals surface area contributed by atoms with Gasteiger partial charge in [0.05, 0.1) is 0 Å². The lowest BCUT2D eigenvalue weighted by Crippen LogP contribution is -1.90. The van der Waals surface area contributed by atoms with Crippen molar-refractivity contribution in [2.75, 3.05) is 11.9 Å². The second kappa shape index (κ2) is 3.07. The van der Waals surface area contributed by atoms with Crippen molar-refractivity contribution >= 4 is 29.1 Å². The number of rotatable bonds is 0. The molecule has 0 amide bonds. The number of benzene rings is 2. The molecule has 2 N–H and O–H groups in total. The summed E-state index contributed by atoms with van der Waals surface area (Å²) in [6.07, 6.45) is 1.00. The number of hydrogen-bond donors (Lipinski definition) is 3. The van der Waals surface area contributed by atoms with Crippen LogP contribution in [0.4, 0.5) is 5.69 Å². The second-order valence-electron chi connectivity index (χ2n) is 3.80. The summed E-state index contributed by atoms with van der Waals surface area (Å²) in [5, 5.41) is 15.1. The summed E-state index contributed by atoms with van der Waals surface area (Å²) in [6.45, 7) is 0.940. The van der Waals surface area contributed by atoms with Gasteiger partial charge in [-0.2, -0.15) is 0 Å². The minimum absolute atomic E-state index is 0.328. The molecule has 0 saturated heterocycles. The van der Waals surface area contributed by atoms with Crippen molar-refractivity contribution < 1.29 is 5.11 Å². The molecule has 0 unspecified atom stereocenters. The summed E-state index contributed by atoms with van der Waals surface area (Å²) in [6, 6.07) is 7.61. The van der Waals surface area contributed by atoms with Gasteiger partial charge in [-0.25, -0.2) is 0 Å². The largest absolute Gasteiger partial charge is 0.507 e. The lowest BCUT2D eigenvalue weighted by atomic mass is 10.0. The van der Waals surface area contributed by atoms with E-state index in [1.54, 1.807) is 6.07 Å². The number of phenols is 1. The highest BCUT2D eigenvalue weighted by atomic mass is 32.1. The molecule has 76 valence electrons. The van der Waals surface area contributed by atoms with E-state index in [9.17, 15) is 5.11 Å². The van der Waals surface area contributed by atoms with Crippen LogP contribution in [0, 0.1) is 0 Å². The third-order valence-electron chi connectivity index (χ3n) is 2.92. The summed E-state index contributed by atoms with van der Waals surface area (Å²) < 4.78 is 0. The molecule has 0 radical (unpaired) electrons. The highest BCUT2D eigenvalue weighted by molar-refractivity contribution is 7.80. The Balaban J connectivity index is 2.51. The molecule has 1 aliphatic rings. The van der Waals surface area contributed by atoms with Crippen LogP contribution in [0.1, 0.15) is 5.56 Å². The van der Waals surface area contributed by atoms with Gasteiger partial charge < -0.3 is 10.4 Å². The molecule has 0 saturated carbocycles.